The van der Waals surface area contributed by atoms with Crippen molar-refractivity contribution < 1.29 is 4.79 Å². The van der Waals surface area contributed by atoms with Gasteiger partial charge in [-0.2, -0.15) is 0 Å². The molecule has 1 heterocycles. The van der Waals surface area contributed by atoms with Crippen molar-refractivity contribution in [3.05, 3.63) is 34.3 Å². The quantitative estimate of drug-likeness (QED) is 0.899. The summed E-state index contributed by atoms with van der Waals surface area (Å²) in [7, 11) is 0. The third-order valence-electron chi connectivity index (χ3n) is 3.36. The molecule has 0 bridgehead atoms. The minimum absolute atomic E-state index is 0.105. The van der Waals surface area contributed by atoms with Crippen molar-refractivity contribution in [3.8, 4) is 0 Å². The van der Waals surface area contributed by atoms with Crippen molar-refractivity contribution >= 4 is 21.8 Å². The summed E-state index contributed by atoms with van der Waals surface area (Å²) < 4.78 is 1.01. The zero-order valence-corrected chi connectivity index (χ0v) is 12.2. The Kier molecular flexibility index (Phi) is 4.78. The Labute approximate surface area is 116 Å². The molecule has 98 valence electrons. The molecule has 1 fully saturated rings. The monoisotopic (exact) mass is 310 g/mol. The molecule has 2 N–H and O–H groups in total. The van der Waals surface area contributed by atoms with Gasteiger partial charge in [0.15, 0.2) is 0 Å². The summed E-state index contributed by atoms with van der Waals surface area (Å²) >= 11 is 3.42. The van der Waals surface area contributed by atoms with E-state index in [0.717, 1.165) is 29.4 Å². The second-order valence-electron chi connectivity index (χ2n) is 4.87. The number of amides is 1. The maximum Gasteiger partial charge on any atom is 0.224 e. The highest BCUT2D eigenvalue weighted by molar-refractivity contribution is 9.10. The van der Waals surface area contributed by atoms with Crippen LogP contribution in [0.4, 0.5) is 0 Å². The van der Waals surface area contributed by atoms with Crippen LogP contribution in [0.2, 0.25) is 0 Å². The summed E-state index contributed by atoms with van der Waals surface area (Å²) in [6, 6.07) is 8.52. The number of piperidine rings is 1. The van der Waals surface area contributed by atoms with E-state index in [4.69, 9.17) is 0 Å². The minimum Gasteiger partial charge on any atom is -0.352 e. The van der Waals surface area contributed by atoms with Crippen LogP contribution in [0.1, 0.15) is 25.3 Å². The Bertz CT molecular complexity index is 422. The molecule has 2 atom stereocenters. The smallest absolute Gasteiger partial charge is 0.224 e. The van der Waals surface area contributed by atoms with E-state index < -0.39 is 0 Å². The molecular weight excluding hydrogens is 292 g/mol. The van der Waals surface area contributed by atoms with Crippen LogP contribution < -0.4 is 10.6 Å². The molecule has 1 aliphatic rings. The van der Waals surface area contributed by atoms with Gasteiger partial charge in [0.2, 0.25) is 5.91 Å². The first-order valence-electron chi connectivity index (χ1n) is 6.42. The normalized spacial score (nSPS) is 23.7. The number of hydrogen-bond acceptors (Lipinski definition) is 2. The zero-order chi connectivity index (χ0) is 13.0. The van der Waals surface area contributed by atoms with Gasteiger partial charge in [-0.1, -0.05) is 28.1 Å². The highest BCUT2D eigenvalue weighted by Crippen LogP contribution is 2.13. The van der Waals surface area contributed by atoms with Crippen LogP contribution in [0.3, 0.4) is 0 Å². The van der Waals surface area contributed by atoms with Gasteiger partial charge in [0, 0.05) is 16.6 Å². The number of halogens is 1. The summed E-state index contributed by atoms with van der Waals surface area (Å²) in [5, 5.41) is 6.51. The first kappa shape index (κ1) is 13.6. The number of carbonyl (C=O) groups is 1. The third-order valence-corrected chi connectivity index (χ3v) is 3.86. The van der Waals surface area contributed by atoms with Gasteiger partial charge in [-0.15, -0.1) is 0 Å². The average Bonchev–Trinajstić information content (AvgIpc) is 2.32. The van der Waals surface area contributed by atoms with Crippen molar-refractivity contribution in [2.45, 2.75) is 38.3 Å². The molecule has 1 aliphatic heterocycles. The second kappa shape index (κ2) is 6.34. The highest BCUT2D eigenvalue weighted by atomic mass is 79.9. The predicted molar refractivity (Wildman–Crippen MR) is 76.5 cm³/mol. The second-order valence-corrected chi connectivity index (χ2v) is 5.78. The Hall–Kier alpha value is -0.870. The average molecular weight is 311 g/mol. The molecular formula is C14H19BrN2O. The van der Waals surface area contributed by atoms with E-state index in [1.807, 2.05) is 24.3 Å². The van der Waals surface area contributed by atoms with Crippen LogP contribution in [-0.4, -0.2) is 24.5 Å². The van der Waals surface area contributed by atoms with Crippen molar-refractivity contribution in [2.75, 3.05) is 6.54 Å². The van der Waals surface area contributed by atoms with Crippen molar-refractivity contribution in [1.29, 1.82) is 0 Å². The van der Waals surface area contributed by atoms with E-state index in [2.05, 4.69) is 33.5 Å². The van der Waals surface area contributed by atoms with Gasteiger partial charge in [0.1, 0.15) is 0 Å². The van der Waals surface area contributed by atoms with E-state index in [0.29, 0.717) is 12.5 Å². The largest absolute Gasteiger partial charge is 0.352 e. The molecule has 2 unspecified atom stereocenters. The van der Waals surface area contributed by atoms with Crippen LogP contribution >= 0.6 is 15.9 Å². The number of rotatable bonds is 3. The van der Waals surface area contributed by atoms with E-state index in [-0.39, 0.29) is 11.9 Å². The van der Waals surface area contributed by atoms with E-state index in [1.165, 1.54) is 0 Å². The number of hydrogen-bond donors (Lipinski definition) is 2. The zero-order valence-electron chi connectivity index (χ0n) is 10.6. The molecule has 0 saturated carbocycles. The maximum atomic E-state index is 12.0. The molecule has 0 spiro atoms. The van der Waals surface area contributed by atoms with E-state index in [1.54, 1.807) is 0 Å². The molecule has 1 aromatic carbocycles. The Morgan fingerprint density at radius 2 is 2.39 bits per heavy atom. The summed E-state index contributed by atoms with van der Waals surface area (Å²) in [5.74, 6) is 0.105. The van der Waals surface area contributed by atoms with Crippen LogP contribution in [0.5, 0.6) is 0 Å². The number of carbonyl (C=O) groups excluding carboxylic acids is 1. The molecule has 3 nitrogen and oxygen atoms in total. The molecule has 2 rings (SSSR count). The van der Waals surface area contributed by atoms with Gasteiger partial charge < -0.3 is 10.6 Å². The minimum atomic E-state index is 0.105. The fourth-order valence-corrected chi connectivity index (χ4v) is 2.78. The third kappa shape index (κ3) is 3.82. The van der Waals surface area contributed by atoms with Gasteiger partial charge in [-0.25, -0.2) is 0 Å². The van der Waals surface area contributed by atoms with Crippen LogP contribution in [0.25, 0.3) is 0 Å². The van der Waals surface area contributed by atoms with Gasteiger partial charge in [0.05, 0.1) is 6.42 Å². The number of benzene rings is 1. The van der Waals surface area contributed by atoms with Gasteiger partial charge >= 0.3 is 0 Å². The van der Waals surface area contributed by atoms with Gasteiger partial charge in [-0.3, -0.25) is 4.79 Å². The van der Waals surface area contributed by atoms with Crippen molar-refractivity contribution in [3.63, 3.8) is 0 Å². The molecule has 0 radical (unpaired) electrons. The molecule has 0 aliphatic carbocycles. The van der Waals surface area contributed by atoms with Gasteiger partial charge in [0.25, 0.3) is 0 Å². The van der Waals surface area contributed by atoms with Crippen LogP contribution in [0, 0.1) is 0 Å². The summed E-state index contributed by atoms with van der Waals surface area (Å²) in [5.41, 5.74) is 1.04. The molecule has 18 heavy (non-hydrogen) atoms. The SMILES string of the molecule is CC1NCCCC1NC(=O)Cc1cccc(Br)c1. The summed E-state index contributed by atoms with van der Waals surface area (Å²) in [4.78, 5) is 12.0. The first-order chi connectivity index (χ1) is 8.65. The number of nitrogens with one attached hydrogen (secondary N) is 2. The fourth-order valence-electron chi connectivity index (χ4n) is 2.33. The first-order valence-corrected chi connectivity index (χ1v) is 7.21. The molecule has 1 aromatic rings. The van der Waals surface area contributed by atoms with Crippen LogP contribution in [0.15, 0.2) is 28.7 Å². The Morgan fingerprint density at radius 3 is 3.11 bits per heavy atom. The predicted octanol–water partition coefficient (Wildman–Crippen LogP) is 2.25. The van der Waals surface area contributed by atoms with E-state index in [9.17, 15) is 4.79 Å². The Balaban J connectivity index is 1.88. The lowest BCUT2D eigenvalue weighted by Gasteiger charge is -2.30. The fraction of sp³-hybridized carbons (Fsp3) is 0.500. The van der Waals surface area contributed by atoms with Crippen molar-refractivity contribution in [2.24, 2.45) is 0 Å². The van der Waals surface area contributed by atoms with Crippen LogP contribution in [-0.2, 0) is 11.2 Å². The van der Waals surface area contributed by atoms with E-state index >= 15 is 0 Å². The molecule has 1 saturated heterocycles. The topological polar surface area (TPSA) is 41.1 Å². The lowest BCUT2D eigenvalue weighted by atomic mass is 9.99. The summed E-state index contributed by atoms with van der Waals surface area (Å²) in [6.45, 7) is 3.18. The van der Waals surface area contributed by atoms with Gasteiger partial charge in [-0.05, 0) is 44.0 Å². The standard InChI is InChI=1S/C14H19BrN2O/c1-10-13(6-3-7-16-10)17-14(18)9-11-4-2-5-12(15)8-11/h2,4-5,8,10,13,16H,3,6-7,9H2,1H3,(H,17,18). The summed E-state index contributed by atoms with van der Waals surface area (Å²) in [6.07, 6.45) is 2.65. The molecule has 4 heteroatoms. The molecule has 0 aromatic heterocycles. The lowest BCUT2D eigenvalue weighted by Crippen LogP contribution is -2.52. The van der Waals surface area contributed by atoms with Crippen molar-refractivity contribution in [1.82, 2.24) is 10.6 Å². The molecule has 1 amide bonds. The lowest BCUT2D eigenvalue weighted by molar-refractivity contribution is -0.121. The Morgan fingerprint density at radius 1 is 1.56 bits per heavy atom. The maximum absolute atomic E-state index is 12.0. The highest BCUT2D eigenvalue weighted by Gasteiger charge is 2.22.